The summed E-state index contributed by atoms with van der Waals surface area (Å²) in [6, 6.07) is 14.3. The van der Waals surface area contributed by atoms with Crippen molar-refractivity contribution < 1.29 is 0 Å². The van der Waals surface area contributed by atoms with Crippen LogP contribution in [-0.2, 0) is 0 Å². The average molecular weight is 404 g/mol. The molecule has 2 aromatic rings. The molecule has 0 amide bonds. The van der Waals surface area contributed by atoms with Crippen molar-refractivity contribution in [2.24, 2.45) is 0 Å². The van der Waals surface area contributed by atoms with Crippen molar-refractivity contribution in [3.63, 3.8) is 0 Å². The minimum Gasteiger partial charge on any atom is -0.376 e. The fraction of sp³-hybridized carbons (Fsp3) is 0.200. The van der Waals surface area contributed by atoms with E-state index in [1.807, 2.05) is 36.4 Å². The molecule has 100 valence electrons. The van der Waals surface area contributed by atoms with E-state index in [1.165, 1.54) is 5.56 Å². The Morgan fingerprint density at radius 3 is 2.32 bits per heavy atom. The normalized spacial score (nSPS) is 12.2. The topological polar surface area (TPSA) is 12.0 Å². The predicted octanol–water partition coefficient (Wildman–Crippen LogP) is 6.43. The molecule has 1 unspecified atom stereocenters. The first-order chi connectivity index (χ1) is 9.11. The van der Waals surface area contributed by atoms with Crippen LogP contribution in [0.4, 0.5) is 5.69 Å². The number of rotatable bonds is 4. The van der Waals surface area contributed by atoms with E-state index in [-0.39, 0.29) is 6.04 Å². The van der Waals surface area contributed by atoms with Crippen molar-refractivity contribution in [3.05, 3.63) is 62.0 Å². The summed E-state index contributed by atoms with van der Waals surface area (Å²) in [7, 11) is 0. The summed E-state index contributed by atoms with van der Waals surface area (Å²) < 4.78 is 2.09. The lowest BCUT2D eigenvalue weighted by atomic mass is 10.0. The Balaban J connectivity index is 2.29. The summed E-state index contributed by atoms with van der Waals surface area (Å²) in [5, 5.41) is 4.32. The number of anilines is 1. The zero-order valence-electron chi connectivity index (χ0n) is 10.5. The molecular formula is C15H14Br2ClN. The van der Waals surface area contributed by atoms with Gasteiger partial charge in [-0.05, 0) is 68.1 Å². The lowest BCUT2D eigenvalue weighted by molar-refractivity contribution is 0.748. The number of benzene rings is 2. The van der Waals surface area contributed by atoms with Crippen LogP contribution in [0.25, 0.3) is 0 Å². The van der Waals surface area contributed by atoms with Gasteiger partial charge in [-0.3, -0.25) is 0 Å². The van der Waals surface area contributed by atoms with E-state index in [9.17, 15) is 0 Å². The van der Waals surface area contributed by atoms with Crippen LogP contribution in [0.5, 0.6) is 0 Å². The first-order valence-corrected chi connectivity index (χ1v) is 8.04. The van der Waals surface area contributed by atoms with Crippen LogP contribution < -0.4 is 5.32 Å². The van der Waals surface area contributed by atoms with E-state index in [0.29, 0.717) is 0 Å². The van der Waals surface area contributed by atoms with Gasteiger partial charge in [0.25, 0.3) is 0 Å². The quantitative estimate of drug-likeness (QED) is 0.620. The minimum absolute atomic E-state index is 0.230. The molecular weight excluding hydrogens is 389 g/mol. The smallest absolute Gasteiger partial charge is 0.0633 e. The van der Waals surface area contributed by atoms with Crippen molar-refractivity contribution in [3.8, 4) is 0 Å². The van der Waals surface area contributed by atoms with Gasteiger partial charge in [-0.2, -0.15) is 0 Å². The van der Waals surface area contributed by atoms with Crippen LogP contribution in [0.1, 0.15) is 24.9 Å². The Labute approximate surface area is 135 Å². The third kappa shape index (κ3) is 3.74. The van der Waals surface area contributed by atoms with Gasteiger partial charge >= 0.3 is 0 Å². The highest BCUT2D eigenvalue weighted by molar-refractivity contribution is 9.11. The van der Waals surface area contributed by atoms with Gasteiger partial charge in [0.1, 0.15) is 0 Å². The summed E-state index contributed by atoms with van der Waals surface area (Å²) in [5.41, 5.74) is 2.26. The maximum absolute atomic E-state index is 6.07. The van der Waals surface area contributed by atoms with Gasteiger partial charge < -0.3 is 5.32 Å². The largest absolute Gasteiger partial charge is 0.376 e. The number of hydrogen-bond acceptors (Lipinski definition) is 1. The first kappa shape index (κ1) is 14.9. The van der Waals surface area contributed by atoms with Gasteiger partial charge in [-0.15, -0.1) is 0 Å². The number of halogens is 3. The Morgan fingerprint density at radius 1 is 1.11 bits per heavy atom. The molecule has 0 saturated carbocycles. The lowest BCUT2D eigenvalue weighted by Gasteiger charge is -2.21. The van der Waals surface area contributed by atoms with Gasteiger partial charge in [0, 0.05) is 14.0 Å². The molecule has 0 spiro atoms. The highest BCUT2D eigenvalue weighted by atomic mass is 79.9. The molecule has 2 rings (SSSR count). The van der Waals surface area contributed by atoms with Crippen molar-refractivity contribution in [1.82, 2.24) is 0 Å². The van der Waals surface area contributed by atoms with Crippen molar-refractivity contribution in [2.45, 2.75) is 19.4 Å². The van der Waals surface area contributed by atoms with E-state index in [4.69, 9.17) is 11.6 Å². The molecule has 0 fully saturated rings. The molecule has 0 aromatic heterocycles. The van der Waals surface area contributed by atoms with E-state index in [1.54, 1.807) is 0 Å². The molecule has 0 heterocycles. The standard InChI is InChI=1S/C15H14Br2ClN/c1-2-14(10-5-3-6-11(18)9-10)19-15-12(16)7-4-8-13(15)17/h3-9,14,19H,2H2,1H3. The molecule has 0 aliphatic heterocycles. The van der Waals surface area contributed by atoms with Crippen molar-refractivity contribution in [2.75, 3.05) is 5.32 Å². The molecule has 4 heteroatoms. The molecule has 0 radical (unpaired) electrons. The molecule has 19 heavy (non-hydrogen) atoms. The number of para-hydroxylation sites is 1. The lowest BCUT2D eigenvalue weighted by Crippen LogP contribution is -2.10. The third-order valence-electron chi connectivity index (χ3n) is 2.94. The van der Waals surface area contributed by atoms with Gasteiger partial charge in [-0.25, -0.2) is 0 Å². The summed E-state index contributed by atoms with van der Waals surface area (Å²) >= 11 is 13.2. The molecule has 0 bridgehead atoms. The molecule has 1 nitrogen and oxygen atoms in total. The summed E-state index contributed by atoms with van der Waals surface area (Å²) in [4.78, 5) is 0. The molecule has 0 saturated heterocycles. The maximum Gasteiger partial charge on any atom is 0.0633 e. The highest BCUT2D eigenvalue weighted by Crippen LogP contribution is 2.34. The SMILES string of the molecule is CCC(Nc1c(Br)cccc1Br)c1cccc(Cl)c1. The Kier molecular flexibility index (Phi) is 5.31. The highest BCUT2D eigenvalue weighted by Gasteiger charge is 2.13. The Morgan fingerprint density at radius 2 is 1.74 bits per heavy atom. The van der Waals surface area contributed by atoms with Gasteiger partial charge in [-0.1, -0.05) is 36.7 Å². The van der Waals surface area contributed by atoms with Gasteiger partial charge in [0.05, 0.1) is 11.7 Å². The fourth-order valence-corrected chi connectivity index (χ4v) is 3.38. The zero-order valence-corrected chi connectivity index (χ0v) is 14.4. The summed E-state index contributed by atoms with van der Waals surface area (Å²) in [6.07, 6.45) is 0.980. The van der Waals surface area contributed by atoms with Crippen LogP contribution in [0.15, 0.2) is 51.4 Å². The Hall–Kier alpha value is -0.510. The number of hydrogen-bond donors (Lipinski definition) is 1. The summed E-state index contributed by atoms with van der Waals surface area (Å²) in [5.74, 6) is 0. The van der Waals surface area contributed by atoms with Crippen LogP contribution in [0.2, 0.25) is 5.02 Å². The van der Waals surface area contributed by atoms with Crippen LogP contribution in [0, 0.1) is 0 Å². The third-order valence-corrected chi connectivity index (χ3v) is 4.50. The molecule has 0 aliphatic rings. The van der Waals surface area contributed by atoms with Gasteiger partial charge in [0.2, 0.25) is 0 Å². The molecule has 1 N–H and O–H groups in total. The number of nitrogens with one attached hydrogen (secondary N) is 1. The second kappa shape index (κ2) is 6.78. The van der Waals surface area contributed by atoms with E-state index in [2.05, 4.69) is 50.2 Å². The van der Waals surface area contributed by atoms with Crippen LogP contribution in [-0.4, -0.2) is 0 Å². The minimum atomic E-state index is 0.230. The predicted molar refractivity (Wildman–Crippen MR) is 89.9 cm³/mol. The average Bonchev–Trinajstić information content (AvgIpc) is 2.38. The molecule has 2 aromatic carbocycles. The van der Waals surface area contributed by atoms with E-state index in [0.717, 1.165) is 26.1 Å². The Bertz CT molecular complexity index is 552. The fourth-order valence-electron chi connectivity index (χ4n) is 1.95. The second-order valence-electron chi connectivity index (χ2n) is 4.26. The zero-order chi connectivity index (χ0) is 13.8. The summed E-state index contributed by atoms with van der Waals surface area (Å²) in [6.45, 7) is 2.16. The van der Waals surface area contributed by atoms with E-state index >= 15 is 0 Å². The maximum atomic E-state index is 6.07. The molecule has 0 aliphatic carbocycles. The monoisotopic (exact) mass is 401 g/mol. The molecule has 1 atom stereocenters. The van der Waals surface area contributed by atoms with Crippen LogP contribution >= 0.6 is 43.5 Å². The first-order valence-electron chi connectivity index (χ1n) is 6.08. The van der Waals surface area contributed by atoms with Gasteiger partial charge in [0.15, 0.2) is 0 Å². The van der Waals surface area contributed by atoms with Crippen molar-refractivity contribution in [1.29, 1.82) is 0 Å². The van der Waals surface area contributed by atoms with Crippen LogP contribution in [0.3, 0.4) is 0 Å². The van der Waals surface area contributed by atoms with Crippen molar-refractivity contribution >= 4 is 49.1 Å². The second-order valence-corrected chi connectivity index (χ2v) is 6.40. The van der Waals surface area contributed by atoms with E-state index < -0.39 is 0 Å².